The number of rotatable bonds is 4. The topological polar surface area (TPSA) is 57.7 Å². The van der Waals surface area contributed by atoms with Crippen LogP contribution in [0.1, 0.15) is 45.7 Å². The second-order valence-electron chi connectivity index (χ2n) is 8.14. The second kappa shape index (κ2) is 9.72. The first kappa shape index (κ1) is 22.3. The molecule has 4 rings (SSSR count). The standard InChI is InChI=1S/C23H24Cl2N2O3S/c24-18-4-3-17(14-19(18)25)21(28)15-5-9-26(10-6-15)22(29)16-7-11-27(12-8-16)23(30)20-2-1-13-31-20/h1-4,13-16H,5-12H2. The molecule has 8 heteroatoms. The summed E-state index contributed by atoms with van der Waals surface area (Å²) in [4.78, 5) is 42.8. The molecular formula is C23H24Cl2N2O3S. The lowest BCUT2D eigenvalue weighted by molar-refractivity contribution is -0.138. The van der Waals surface area contributed by atoms with Gasteiger partial charge in [-0.3, -0.25) is 14.4 Å². The molecule has 0 aliphatic carbocycles. The van der Waals surface area contributed by atoms with Gasteiger partial charge in [0.15, 0.2) is 5.78 Å². The molecule has 0 N–H and O–H groups in total. The summed E-state index contributed by atoms with van der Waals surface area (Å²) < 4.78 is 0. The van der Waals surface area contributed by atoms with Crippen LogP contribution in [-0.4, -0.2) is 53.6 Å². The molecule has 0 atom stereocenters. The van der Waals surface area contributed by atoms with Crippen LogP contribution in [0.25, 0.3) is 0 Å². The van der Waals surface area contributed by atoms with Crippen molar-refractivity contribution in [3.8, 4) is 0 Å². The number of ketones is 1. The minimum absolute atomic E-state index is 0.0466. The summed E-state index contributed by atoms with van der Waals surface area (Å²) in [5, 5.41) is 2.71. The van der Waals surface area contributed by atoms with E-state index in [1.54, 1.807) is 18.2 Å². The molecule has 2 aliphatic heterocycles. The summed E-state index contributed by atoms with van der Waals surface area (Å²) in [7, 11) is 0. The van der Waals surface area contributed by atoms with Gasteiger partial charge in [0.25, 0.3) is 5.91 Å². The molecular weight excluding hydrogens is 455 g/mol. The van der Waals surface area contributed by atoms with Gasteiger partial charge in [-0.25, -0.2) is 0 Å². The first-order valence-electron chi connectivity index (χ1n) is 10.5. The van der Waals surface area contributed by atoms with Crippen molar-refractivity contribution in [3.63, 3.8) is 0 Å². The van der Waals surface area contributed by atoms with Gasteiger partial charge < -0.3 is 9.80 Å². The van der Waals surface area contributed by atoms with E-state index in [4.69, 9.17) is 23.2 Å². The Hall–Kier alpha value is -1.89. The highest BCUT2D eigenvalue weighted by Crippen LogP contribution is 2.29. The van der Waals surface area contributed by atoms with Gasteiger partial charge in [0, 0.05) is 43.6 Å². The van der Waals surface area contributed by atoms with Crippen LogP contribution in [0.3, 0.4) is 0 Å². The Bertz CT molecular complexity index is 963. The third-order valence-electron chi connectivity index (χ3n) is 6.24. The average molecular weight is 479 g/mol. The quantitative estimate of drug-likeness (QED) is 0.579. The van der Waals surface area contributed by atoms with E-state index in [-0.39, 0.29) is 29.4 Å². The van der Waals surface area contributed by atoms with Crippen molar-refractivity contribution in [1.82, 2.24) is 9.80 Å². The van der Waals surface area contributed by atoms with Gasteiger partial charge in [0.05, 0.1) is 14.9 Å². The number of carbonyl (C=O) groups is 3. The Labute approximate surface area is 195 Å². The number of nitrogens with zero attached hydrogens (tertiary/aromatic N) is 2. The molecule has 0 unspecified atom stereocenters. The van der Waals surface area contributed by atoms with Gasteiger partial charge in [0.1, 0.15) is 0 Å². The van der Waals surface area contributed by atoms with Crippen molar-refractivity contribution in [2.45, 2.75) is 25.7 Å². The first-order valence-corrected chi connectivity index (χ1v) is 12.2. The van der Waals surface area contributed by atoms with E-state index in [0.29, 0.717) is 67.5 Å². The lowest BCUT2D eigenvalue weighted by atomic mass is 9.87. The Kier molecular flexibility index (Phi) is 6.99. The van der Waals surface area contributed by atoms with Crippen LogP contribution in [0.2, 0.25) is 10.0 Å². The summed E-state index contributed by atoms with van der Waals surface area (Å²) in [6.45, 7) is 2.40. The van der Waals surface area contributed by atoms with Crippen LogP contribution in [0.15, 0.2) is 35.7 Å². The van der Waals surface area contributed by atoms with Crippen molar-refractivity contribution in [1.29, 1.82) is 0 Å². The second-order valence-corrected chi connectivity index (χ2v) is 9.90. The van der Waals surface area contributed by atoms with Crippen LogP contribution >= 0.6 is 34.5 Å². The van der Waals surface area contributed by atoms with Crippen LogP contribution in [0.5, 0.6) is 0 Å². The van der Waals surface area contributed by atoms with E-state index in [9.17, 15) is 14.4 Å². The third-order valence-corrected chi connectivity index (χ3v) is 7.84. The van der Waals surface area contributed by atoms with Gasteiger partial charge in [-0.05, 0) is 55.3 Å². The zero-order chi connectivity index (χ0) is 22.0. The van der Waals surface area contributed by atoms with Gasteiger partial charge in [-0.2, -0.15) is 0 Å². The van der Waals surface area contributed by atoms with E-state index >= 15 is 0 Å². The van der Waals surface area contributed by atoms with E-state index in [1.165, 1.54) is 11.3 Å². The SMILES string of the molecule is O=C(c1ccc(Cl)c(Cl)c1)C1CCN(C(=O)C2CCN(C(=O)c3cccs3)CC2)CC1. The maximum atomic E-state index is 13.0. The summed E-state index contributed by atoms with van der Waals surface area (Å²) in [6, 6.07) is 8.69. The van der Waals surface area contributed by atoms with Crippen molar-refractivity contribution in [3.05, 3.63) is 56.2 Å². The molecule has 2 aliphatic rings. The zero-order valence-corrected chi connectivity index (χ0v) is 19.4. The lowest BCUT2D eigenvalue weighted by Crippen LogP contribution is -2.47. The fraction of sp³-hybridized carbons (Fsp3) is 0.435. The maximum absolute atomic E-state index is 13.0. The Morgan fingerprint density at radius 3 is 2.10 bits per heavy atom. The Morgan fingerprint density at radius 2 is 1.48 bits per heavy atom. The van der Waals surface area contributed by atoms with E-state index in [0.717, 1.165) is 4.88 Å². The summed E-state index contributed by atoms with van der Waals surface area (Å²) >= 11 is 13.4. The van der Waals surface area contributed by atoms with E-state index in [1.807, 2.05) is 27.3 Å². The van der Waals surface area contributed by atoms with E-state index < -0.39 is 0 Å². The number of piperidine rings is 2. The fourth-order valence-electron chi connectivity index (χ4n) is 4.39. The number of halogens is 2. The number of hydrogen-bond donors (Lipinski definition) is 0. The largest absolute Gasteiger partial charge is 0.342 e. The number of Topliss-reactive ketones (excluding diaryl/α,β-unsaturated/α-hetero) is 1. The minimum Gasteiger partial charge on any atom is -0.342 e. The molecule has 1 aromatic heterocycles. The number of hydrogen-bond acceptors (Lipinski definition) is 4. The lowest BCUT2D eigenvalue weighted by Gasteiger charge is -2.37. The molecule has 0 saturated carbocycles. The highest BCUT2D eigenvalue weighted by molar-refractivity contribution is 7.12. The van der Waals surface area contributed by atoms with Crippen LogP contribution in [-0.2, 0) is 4.79 Å². The minimum atomic E-state index is -0.105. The molecule has 2 amide bonds. The first-order chi connectivity index (χ1) is 14.9. The van der Waals surface area contributed by atoms with Gasteiger partial charge >= 0.3 is 0 Å². The number of amides is 2. The molecule has 0 radical (unpaired) electrons. The summed E-state index contributed by atoms with van der Waals surface area (Å²) in [5.41, 5.74) is 0.571. The highest BCUT2D eigenvalue weighted by Gasteiger charge is 2.34. The van der Waals surface area contributed by atoms with Gasteiger partial charge in [-0.1, -0.05) is 29.3 Å². The molecule has 3 heterocycles. The Balaban J connectivity index is 1.27. The molecule has 2 aromatic rings. The van der Waals surface area contributed by atoms with Crippen molar-refractivity contribution in [2.24, 2.45) is 11.8 Å². The Morgan fingerprint density at radius 1 is 0.839 bits per heavy atom. The molecule has 5 nitrogen and oxygen atoms in total. The zero-order valence-electron chi connectivity index (χ0n) is 17.1. The number of likely N-dealkylation sites (tertiary alicyclic amines) is 2. The molecule has 2 saturated heterocycles. The average Bonchev–Trinajstić information content (AvgIpc) is 3.35. The number of benzene rings is 1. The predicted octanol–water partition coefficient (Wildman–Crippen LogP) is 5.03. The smallest absolute Gasteiger partial charge is 0.263 e. The molecule has 31 heavy (non-hydrogen) atoms. The van der Waals surface area contributed by atoms with Gasteiger partial charge in [0.2, 0.25) is 5.91 Å². The van der Waals surface area contributed by atoms with Crippen molar-refractivity contribution in [2.75, 3.05) is 26.2 Å². The highest BCUT2D eigenvalue weighted by atomic mass is 35.5. The number of carbonyl (C=O) groups excluding carboxylic acids is 3. The molecule has 1 aromatic carbocycles. The molecule has 0 bridgehead atoms. The molecule has 0 spiro atoms. The van der Waals surface area contributed by atoms with Crippen LogP contribution in [0.4, 0.5) is 0 Å². The van der Waals surface area contributed by atoms with E-state index in [2.05, 4.69) is 0 Å². The monoisotopic (exact) mass is 478 g/mol. The summed E-state index contributed by atoms with van der Waals surface area (Å²) in [5.74, 6) is 0.124. The van der Waals surface area contributed by atoms with Crippen LogP contribution < -0.4 is 0 Å². The normalized spacial score (nSPS) is 18.3. The predicted molar refractivity (Wildman–Crippen MR) is 123 cm³/mol. The molecule has 164 valence electrons. The summed E-state index contributed by atoms with van der Waals surface area (Å²) in [6.07, 6.45) is 2.69. The van der Waals surface area contributed by atoms with Crippen molar-refractivity contribution >= 4 is 52.1 Å². The molecule has 2 fully saturated rings. The third kappa shape index (κ3) is 4.97. The fourth-order valence-corrected chi connectivity index (χ4v) is 5.38. The van der Waals surface area contributed by atoms with Crippen LogP contribution in [0, 0.1) is 11.8 Å². The van der Waals surface area contributed by atoms with Crippen molar-refractivity contribution < 1.29 is 14.4 Å². The maximum Gasteiger partial charge on any atom is 0.263 e. The van der Waals surface area contributed by atoms with Gasteiger partial charge in [-0.15, -0.1) is 11.3 Å². The number of thiophene rings is 1.